The average molecular weight is 287 g/mol. The van der Waals surface area contributed by atoms with Crippen molar-refractivity contribution in [2.45, 2.75) is 51.6 Å². The van der Waals surface area contributed by atoms with E-state index in [1.165, 1.54) is 36.9 Å². The number of hydrogen-bond donors (Lipinski definition) is 2. The SMILES string of the molecule is Cc1[nH]c2ncnc(NC3CCC(N(C)C)CC3)c2c1C. The monoisotopic (exact) mass is 287 g/mol. The molecule has 5 heteroatoms. The molecule has 0 radical (unpaired) electrons. The fourth-order valence-electron chi connectivity index (χ4n) is 3.33. The molecule has 114 valence electrons. The van der Waals surface area contributed by atoms with Gasteiger partial charge in [-0.3, -0.25) is 0 Å². The van der Waals surface area contributed by atoms with Gasteiger partial charge in [0.25, 0.3) is 0 Å². The predicted octanol–water partition coefficient (Wildman–Crippen LogP) is 2.86. The van der Waals surface area contributed by atoms with E-state index >= 15 is 0 Å². The second-order valence-corrected chi connectivity index (χ2v) is 6.43. The lowest BCUT2D eigenvalue weighted by Gasteiger charge is -2.33. The van der Waals surface area contributed by atoms with Gasteiger partial charge in [-0.1, -0.05) is 0 Å². The molecule has 2 aromatic rings. The number of nitrogens with one attached hydrogen (secondary N) is 2. The predicted molar refractivity (Wildman–Crippen MR) is 86.7 cm³/mol. The summed E-state index contributed by atoms with van der Waals surface area (Å²) >= 11 is 0. The van der Waals surface area contributed by atoms with Gasteiger partial charge in [0.1, 0.15) is 17.8 Å². The van der Waals surface area contributed by atoms with Crippen LogP contribution in [0.25, 0.3) is 11.0 Å². The zero-order chi connectivity index (χ0) is 15.0. The Bertz CT molecular complexity index is 623. The maximum Gasteiger partial charge on any atom is 0.143 e. The molecule has 2 aromatic heterocycles. The number of aromatic amines is 1. The van der Waals surface area contributed by atoms with E-state index < -0.39 is 0 Å². The molecule has 0 amide bonds. The molecule has 0 atom stereocenters. The minimum absolute atomic E-state index is 0.522. The van der Waals surface area contributed by atoms with Gasteiger partial charge in [-0.25, -0.2) is 9.97 Å². The van der Waals surface area contributed by atoms with Crippen LogP contribution in [0.15, 0.2) is 6.33 Å². The van der Waals surface area contributed by atoms with E-state index in [-0.39, 0.29) is 0 Å². The van der Waals surface area contributed by atoms with Gasteiger partial charge < -0.3 is 15.2 Å². The maximum absolute atomic E-state index is 4.48. The minimum atomic E-state index is 0.522. The molecule has 1 aliphatic carbocycles. The first kappa shape index (κ1) is 14.3. The van der Waals surface area contributed by atoms with Crippen molar-refractivity contribution in [3.05, 3.63) is 17.6 Å². The highest BCUT2D eigenvalue weighted by Crippen LogP contribution is 2.29. The van der Waals surface area contributed by atoms with Crippen LogP contribution in [0.4, 0.5) is 5.82 Å². The third-order valence-electron chi connectivity index (χ3n) is 4.86. The summed E-state index contributed by atoms with van der Waals surface area (Å²) < 4.78 is 0. The summed E-state index contributed by atoms with van der Waals surface area (Å²) in [6, 6.07) is 1.25. The van der Waals surface area contributed by atoms with Crippen molar-refractivity contribution in [2.24, 2.45) is 0 Å². The molecule has 2 heterocycles. The Morgan fingerprint density at radius 3 is 2.52 bits per heavy atom. The quantitative estimate of drug-likeness (QED) is 0.911. The van der Waals surface area contributed by atoms with Gasteiger partial charge >= 0.3 is 0 Å². The third kappa shape index (κ3) is 2.75. The first-order valence-electron chi connectivity index (χ1n) is 7.79. The molecule has 0 spiro atoms. The first-order valence-corrected chi connectivity index (χ1v) is 7.79. The lowest BCUT2D eigenvalue weighted by Crippen LogP contribution is -2.36. The number of nitrogens with zero attached hydrogens (tertiary/aromatic N) is 3. The number of aromatic nitrogens is 3. The van der Waals surface area contributed by atoms with Gasteiger partial charge in [0, 0.05) is 17.8 Å². The standard InChI is InChI=1S/C16H25N5/c1-10-11(2)19-15-14(10)16(18-9-17-15)20-12-5-7-13(8-6-12)21(3)4/h9,12-13H,5-8H2,1-4H3,(H2,17,18,19,20). The lowest BCUT2D eigenvalue weighted by atomic mass is 9.90. The van der Waals surface area contributed by atoms with Crippen LogP contribution in [0.5, 0.6) is 0 Å². The van der Waals surface area contributed by atoms with Gasteiger partial charge in [-0.05, 0) is 59.2 Å². The van der Waals surface area contributed by atoms with Crippen LogP contribution in [0.3, 0.4) is 0 Å². The molecule has 2 N–H and O–H groups in total. The van der Waals surface area contributed by atoms with E-state index in [1.807, 2.05) is 0 Å². The van der Waals surface area contributed by atoms with Gasteiger partial charge in [-0.15, -0.1) is 0 Å². The molecule has 0 aliphatic heterocycles. The highest BCUT2D eigenvalue weighted by molar-refractivity contribution is 5.91. The largest absolute Gasteiger partial charge is 0.367 e. The van der Waals surface area contributed by atoms with Crippen molar-refractivity contribution in [3.63, 3.8) is 0 Å². The normalized spacial score (nSPS) is 22.9. The molecular formula is C16H25N5. The Balaban J connectivity index is 1.77. The summed E-state index contributed by atoms with van der Waals surface area (Å²) in [5.41, 5.74) is 3.35. The van der Waals surface area contributed by atoms with E-state index in [0.717, 1.165) is 22.9 Å². The Morgan fingerprint density at radius 1 is 1.14 bits per heavy atom. The van der Waals surface area contributed by atoms with Gasteiger partial charge in [0.15, 0.2) is 0 Å². The van der Waals surface area contributed by atoms with Crippen molar-refractivity contribution >= 4 is 16.9 Å². The topological polar surface area (TPSA) is 56.8 Å². The number of rotatable bonds is 3. The fraction of sp³-hybridized carbons (Fsp3) is 0.625. The van der Waals surface area contributed by atoms with E-state index in [2.05, 4.69) is 53.1 Å². The minimum Gasteiger partial charge on any atom is -0.367 e. The number of anilines is 1. The molecule has 21 heavy (non-hydrogen) atoms. The smallest absolute Gasteiger partial charge is 0.143 e. The summed E-state index contributed by atoms with van der Waals surface area (Å²) in [6.07, 6.45) is 6.56. The van der Waals surface area contributed by atoms with Crippen molar-refractivity contribution < 1.29 is 0 Å². The van der Waals surface area contributed by atoms with Crippen molar-refractivity contribution in [3.8, 4) is 0 Å². The fourth-order valence-corrected chi connectivity index (χ4v) is 3.33. The highest BCUT2D eigenvalue weighted by Gasteiger charge is 2.23. The van der Waals surface area contributed by atoms with Crippen LogP contribution in [0.2, 0.25) is 0 Å². The Labute approximate surface area is 126 Å². The van der Waals surface area contributed by atoms with Crippen LogP contribution in [0.1, 0.15) is 36.9 Å². The van der Waals surface area contributed by atoms with Crippen molar-refractivity contribution in [1.82, 2.24) is 19.9 Å². The maximum atomic E-state index is 4.48. The number of fused-ring (bicyclic) bond motifs is 1. The van der Waals surface area contributed by atoms with E-state index in [0.29, 0.717) is 6.04 Å². The molecule has 0 bridgehead atoms. The van der Waals surface area contributed by atoms with Crippen LogP contribution in [-0.4, -0.2) is 46.0 Å². The summed E-state index contributed by atoms with van der Waals surface area (Å²) in [5.74, 6) is 0.982. The number of aryl methyl sites for hydroxylation is 2. The van der Waals surface area contributed by atoms with Crippen LogP contribution < -0.4 is 5.32 Å². The van der Waals surface area contributed by atoms with Crippen molar-refractivity contribution in [1.29, 1.82) is 0 Å². The summed E-state index contributed by atoms with van der Waals surface area (Å²) in [7, 11) is 4.36. The van der Waals surface area contributed by atoms with E-state index in [1.54, 1.807) is 6.33 Å². The van der Waals surface area contributed by atoms with Crippen molar-refractivity contribution in [2.75, 3.05) is 19.4 Å². The third-order valence-corrected chi connectivity index (χ3v) is 4.86. The molecular weight excluding hydrogens is 262 g/mol. The molecule has 0 saturated heterocycles. The summed E-state index contributed by atoms with van der Waals surface area (Å²) in [4.78, 5) is 14.5. The highest BCUT2D eigenvalue weighted by atomic mass is 15.1. The van der Waals surface area contributed by atoms with E-state index in [4.69, 9.17) is 0 Å². The molecule has 1 saturated carbocycles. The first-order chi connectivity index (χ1) is 10.1. The Kier molecular flexibility index (Phi) is 3.85. The van der Waals surface area contributed by atoms with Crippen LogP contribution in [0, 0.1) is 13.8 Å². The van der Waals surface area contributed by atoms with Gasteiger partial charge in [0.2, 0.25) is 0 Å². The molecule has 3 rings (SSSR count). The lowest BCUT2D eigenvalue weighted by molar-refractivity contribution is 0.221. The van der Waals surface area contributed by atoms with Gasteiger partial charge in [0.05, 0.1) is 5.39 Å². The Hall–Kier alpha value is -1.62. The molecule has 0 aromatic carbocycles. The summed E-state index contributed by atoms with van der Waals surface area (Å²) in [5, 5.41) is 4.79. The molecule has 1 aliphatic rings. The number of H-pyrrole nitrogens is 1. The zero-order valence-corrected chi connectivity index (χ0v) is 13.4. The van der Waals surface area contributed by atoms with E-state index in [9.17, 15) is 0 Å². The molecule has 0 unspecified atom stereocenters. The number of hydrogen-bond acceptors (Lipinski definition) is 4. The second kappa shape index (κ2) is 5.64. The Morgan fingerprint density at radius 2 is 1.86 bits per heavy atom. The average Bonchev–Trinajstić information content (AvgIpc) is 2.76. The zero-order valence-electron chi connectivity index (χ0n) is 13.4. The van der Waals surface area contributed by atoms with Crippen LogP contribution >= 0.6 is 0 Å². The molecule has 5 nitrogen and oxygen atoms in total. The summed E-state index contributed by atoms with van der Waals surface area (Å²) in [6.45, 7) is 4.22. The van der Waals surface area contributed by atoms with Gasteiger partial charge in [-0.2, -0.15) is 0 Å². The second-order valence-electron chi connectivity index (χ2n) is 6.43. The molecule has 1 fully saturated rings. The van der Waals surface area contributed by atoms with Crippen LogP contribution in [-0.2, 0) is 0 Å².